The van der Waals surface area contributed by atoms with Crippen molar-refractivity contribution in [1.82, 2.24) is 5.32 Å². The molecule has 0 aromatic heterocycles. The normalized spacial score (nSPS) is 12.9. The Kier molecular flexibility index (Phi) is 7.39. The van der Waals surface area contributed by atoms with Gasteiger partial charge in [-0.25, -0.2) is 8.78 Å². The number of thioether (sulfide) groups is 1. The van der Waals surface area contributed by atoms with Gasteiger partial charge in [0, 0.05) is 23.4 Å². The Balaban J connectivity index is 2.71. The minimum Gasteiger partial charge on any atom is -0.309 e. The maximum atomic E-state index is 13.8. The van der Waals surface area contributed by atoms with Crippen LogP contribution in [0.3, 0.4) is 0 Å². The zero-order valence-corrected chi connectivity index (χ0v) is 12.7. The van der Waals surface area contributed by atoms with Crippen LogP contribution in [0, 0.1) is 17.6 Å². The lowest BCUT2D eigenvalue weighted by atomic mass is 10.1. The minimum atomic E-state index is -0.523. The van der Waals surface area contributed by atoms with Gasteiger partial charge in [-0.2, -0.15) is 11.8 Å². The second-order valence-electron chi connectivity index (χ2n) is 5.10. The molecular weight excluding hydrogens is 264 g/mol. The molecule has 0 bridgehead atoms. The molecule has 0 amide bonds. The summed E-state index contributed by atoms with van der Waals surface area (Å²) in [4.78, 5) is 0. The lowest BCUT2D eigenvalue weighted by molar-refractivity contribution is 0.521. The first-order valence-corrected chi connectivity index (χ1v) is 7.96. The molecule has 1 nitrogen and oxygen atoms in total. The monoisotopic (exact) mass is 287 g/mol. The van der Waals surface area contributed by atoms with Crippen molar-refractivity contribution in [1.29, 1.82) is 0 Å². The molecule has 1 unspecified atom stereocenters. The molecule has 1 atom stereocenters. The SMILES string of the molecule is CCCNC(CSCC(C)C)c1ccc(F)cc1F. The Morgan fingerprint density at radius 3 is 2.53 bits per heavy atom. The highest BCUT2D eigenvalue weighted by molar-refractivity contribution is 7.99. The van der Waals surface area contributed by atoms with Gasteiger partial charge in [-0.05, 0) is 30.7 Å². The molecule has 0 fully saturated rings. The lowest BCUT2D eigenvalue weighted by Crippen LogP contribution is -2.25. The van der Waals surface area contributed by atoms with Crippen LogP contribution in [0.2, 0.25) is 0 Å². The Morgan fingerprint density at radius 1 is 1.21 bits per heavy atom. The van der Waals surface area contributed by atoms with Crippen molar-refractivity contribution in [3.8, 4) is 0 Å². The van der Waals surface area contributed by atoms with E-state index in [2.05, 4.69) is 26.1 Å². The lowest BCUT2D eigenvalue weighted by Gasteiger charge is -2.20. The number of halogens is 2. The molecule has 0 aliphatic heterocycles. The molecule has 0 heterocycles. The van der Waals surface area contributed by atoms with E-state index in [0.29, 0.717) is 11.5 Å². The van der Waals surface area contributed by atoms with E-state index in [9.17, 15) is 8.78 Å². The second kappa shape index (κ2) is 8.54. The van der Waals surface area contributed by atoms with Crippen LogP contribution in [0.15, 0.2) is 18.2 Å². The van der Waals surface area contributed by atoms with E-state index in [1.807, 2.05) is 0 Å². The topological polar surface area (TPSA) is 12.0 Å². The quantitative estimate of drug-likeness (QED) is 0.761. The van der Waals surface area contributed by atoms with E-state index in [-0.39, 0.29) is 6.04 Å². The molecule has 108 valence electrons. The summed E-state index contributed by atoms with van der Waals surface area (Å²) in [6.07, 6.45) is 0.994. The number of nitrogens with one attached hydrogen (secondary N) is 1. The van der Waals surface area contributed by atoms with Gasteiger partial charge in [0.05, 0.1) is 0 Å². The van der Waals surface area contributed by atoms with E-state index in [4.69, 9.17) is 0 Å². The van der Waals surface area contributed by atoms with Gasteiger partial charge in [0.2, 0.25) is 0 Å². The van der Waals surface area contributed by atoms with Gasteiger partial charge in [-0.3, -0.25) is 0 Å². The first-order chi connectivity index (χ1) is 9.04. The summed E-state index contributed by atoms with van der Waals surface area (Å²) < 4.78 is 26.8. The number of hydrogen-bond acceptors (Lipinski definition) is 2. The minimum absolute atomic E-state index is 0.0516. The second-order valence-corrected chi connectivity index (χ2v) is 6.18. The van der Waals surface area contributed by atoms with Gasteiger partial charge in [-0.15, -0.1) is 0 Å². The highest BCUT2D eigenvalue weighted by Gasteiger charge is 2.16. The molecule has 0 saturated carbocycles. The van der Waals surface area contributed by atoms with Crippen LogP contribution in [-0.2, 0) is 0 Å². The molecule has 1 N–H and O–H groups in total. The third-order valence-corrected chi connectivity index (χ3v) is 4.19. The maximum Gasteiger partial charge on any atom is 0.130 e. The van der Waals surface area contributed by atoms with Crippen LogP contribution in [0.4, 0.5) is 8.78 Å². The van der Waals surface area contributed by atoms with Crippen molar-refractivity contribution < 1.29 is 8.78 Å². The van der Waals surface area contributed by atoms with Gasteiger partial charge in [0.25, 0.3) is 0 Å². The average Bonchev–Trinajstić information content (AvgIpc) is 2.34. The fraction of sp³-hybridized carbons (Fsp3) is 0.600. The van der Waals surface area contributed by atoms with Crippen LogP contribution in [0.5, 0.6) is 0 Å². The summed E-state index contributed by atoms with van der Waals surface area (Å²) >= 11 is 1.80. The molecule has 0 saturated heterocycles. The van der Waals surface area contributed by atoms with Gasteiger partial charge in [-0.1, -0.05) is 26.8 Å². The zero-order chi connectivity index (χ0) is 14.3. The highest BCUT2D eigenvalue weighted by atomic mass is 32.2. The van der Waals surface area contributed by atoms with Gasteiger partial charge >= 0.3 is 0 Å². The van der Waals surface area contributed by atoms with Crippen LogP contribution in [0.1, 0.15) is 38.8 Å². The maximum absolute atomic E-state index is 13.8. The first-order valence-electron chi connectivity index (χ1n) is 6.80. The molecule has 0 aliphatic carbocycles. The summed E-state index contributed by atoms with van der Waals surface area (Å²) in [7, 11) is 0. The molecule has 1 rings (SSSR count). The Bertz CT molecular complexity index is 382. The molecule has 0 spiro atoms. The fourth-order valence-corrected chi connectivity index (χ4v) is 2.92. The van der Waals surface area contributed by atoms with Crippen molar-refractivity contribution >= 4 is 11.8 Å². The Labute approximate surface area is 119 Å². The fourth-order valence-electron chi connectivity index (χ4n) is 1.78. The zero-order valence-electron chi connectivity index (χ0n) is 11.9. The standard InChI is InChI=1S/C15H23F2NS/c1-4-7-18-15(10-19-9-11(2)3)13-6-5-12(16)8-14(13)17/h5-6,8,11,15,18H,4,7,9-10H2,1-3H3. The Morgan fingerprint density at radius 2 is 1.95 bits per heavy atom. The average molecular weight is 287 g/mol. The number of benzene rings is 1. The molecule has 0 aliphatic rings. The smallest absolute Gasteiger partial charge is 0.130 e. The van der Waals surface area contributed by atoms with Crippen LogP contribution >= 0.6 is 11.8 Å². The molecule has 19 heavy (non-hydrogen) atoms. The van der Waals surface area contributed by atoms with E-state index in [0.717, 1.165) is 30.5 Å². The largest absolute Gasteiger partial charge is 0.309 e. The van der Waals surface area contributed by atoms with E-state index >= 15 is 0 Å². The van der Waals surface area contributed by atoms with Crippen molar-refractivity contribution in [2.24, 2.45) is 5.92 Å². The van der Waals surface area contributed by atoms with Crippen molar-refractivity contribution in [3.05, 3.63) is 35.4 Å². The third-order valence-electron chi connectivity index (χ3n) is 2.71. The van der Waals surface area contributed by atoms with E-state index in [1.54, 1.807) is 17.8 Å². The molecule has 0 radical (unpaired) electrons. The van der Waals surface area contributed by atoms with E-state index < -0.39 is 11.6 Å². The summed E-state index contributed by atoms with van der Waals surface area (Å²) in [6.45, 7) is 7.25. The van der Waals surface area contributed by atoms with Gasteiger partial charge in [0.1, 0.15) is 11.6 Å². The summed E-state index contributed by atoms with van der Waals surface area (Å²) in [5, 5.41) is 3.34. The third kappa shape index (κ3) is 5.91. The molecule has 1 aromatic carbocycles. The van der Waals surface area contributed by atoms with Crippen molar-refractivity contribution in [3.63, 3.8) is 0 Å². The van der Waals surface area contributed by atoms with Crippen LogP contribution < -0.4 is 5.32 Å². The first kappa shape index (κ1) is 16.4. The van der Waals surface area contributed by atoms with Crippen molar-refractivity contribution in [2.75, 3.05) is 18.1 Å². The summed E-state index contributed by atoms with van der Waals surface area (Å²) in [5.41, 5.74) is 0.561. The number of hydrogen-bond donors (Lipinski definition) is 1. The number of rotatable bonds is 8. The Hall–Kier alpha value is -0.610. The predicted molar refractivity (Wildman–Crippen MR) is 79.6 cm³/mol. The molecule has 1 aromatic rings. The van der Waals surface area contributed by atoms with Crippen LogP contribution in [-0.4, -0.2) is 18.1 Å². The summed E-state index contributed by atoms with van der Waals surface area (Å²) in [5.74, 6) is 1.49. The highest BCUT2D eigenvalue weighted by Crippen LogP contribution is 2.23. The van der Waals surface area contributed by atoms with Crippen molar-refractivity contribution in [2.45, 2.75) is 33.2 Å². The van der Waals surface area contributed by atoms with Gasteiger partial charge in [0.15, 0.2) is 0 Å². The van der Waals surface area contributed by atoms with E-state index in [1.165, 1.54) is 6.07 Å². The molecule has 4 heteroatoms. The van der Waals surface area contributed by atoms with Gasteiger partial charge < -0.3 is 5.32 Å². The predicted octanol–water partition coefficient (Wildman–Crippen LogP) is 4.39. The molecular formula is C15H23F2NS. The van der Waals surface area contributed by atoms with Crippen LogP contribution in [0.25, 0.3) is 0 Å². The summed E-state index contributed by atoms with van der Waals surface area (Å²) in [6, 6.07) is 3.78.